The van der Waals surface area contributed by atoms with Gasteiger partial charge in [-0.25, -0.2) is 0 Å². The van der Waals surface area contributed by atoms with E-state index in [0.29, 0.717) is 5.92 Å². The topological polar surface area (TPSA) is 58.5 Å². The maximum Gasteiger partial charge on any atom is 0.191 e. The van der Waals surface area contributed by atoms with Crippen molar-refractivity contribution in [3.8, 4) is 5.75 Å². The fourth-order valence-electron chi connectivity index (χ4n) is 2.70. The molecule has 0 saturated heterocycles. The van der Waals surface area contributed by atoms with Gasteiger partial charge in [0.15, 0.2) is 5.96 Å². The lowest BCUT2D eigenvalue weighted by Crippen LogP contribution is -2.39. The van der Waals surface area contributed by atoms with Gasteiger partial charge in [0.05, 0.1) is 12.6 Å². The molecule has 0 aliphatic heterocycles. The Hall–Kier alpha value is -1.83. The van der Waals surface area contributed by atoms with Crippen molar-refractivity contribution in [3.05, 3.63) is 59.4 Å². The first-order valence-corrected chi connectivity index (χ1v) is 9.59. The molecular formula is C22H33IN4O. The van der Waals surface area contributed by atoms with Crippen LogP contribution >= 0.6 is 24.0 Å². The quantitative estimate of drug-likeness (QED) is 0.321. The van der Waals surface area contributed by atoms with Crippen molar-refractivity contribution in [1.29, 1.82) is 0 Å². The summed E-state index contributed by atoms with van der Waals surface area (Å²) in [5.41, 5.74) is 3.72. The van der Waals surface area contributed by atoms with Crippen molar-refractivity contribution in [1.82, 2.24) is 15.6 Å². The Morgan fingerprint density at radius 2 is 1.86 bits per heavy atom. The van der Waals surface area contributed by atoms with E-state index < -0.39 is 0 Å². The molecular weight excluding hydrogens is 463 g/mol. The number of aliphatic imine (C=N–C) groups is 1. The van der Waals surface area contributed by atoms with E-state index in [0.717, 1.165) is 31.3 Å². The molecule has 28 heavy (non-hydrogen) atoms. The summed E-state index contributed by atoms with van der Waals surface area (Å²) >= 11 is 0. The highest BCUT2D eigenvalue weighted by Gasteiger charge is 2.08. The molecule has 1 unspecified atom stereocenters. The number of nitrogens with zero attached hydrogens (tertiary/aromatic N) is 2. The second kappa shape index (κ2) is 12.6. The van der Waals surface area contributed by atoms with Gasteiger partial charge in [-0.2, -0.15) is 0 Å². The van der Waals surface area contributed by atoms with E-state index in [9.17, 15) is 0 Å². The zero-order valence-corrected chi connectivity index (χ0v) is 19.9. The Labute approximate surface area is 186 Å². The summed E-state index contributed by atoms with van der Waals surface area (Å²) in [7, 11) is 1.79. The smallest absolute Gasteiger partial charge is 0.191 e. The van der Waals surface area contributed by atoms with Crippen molar-refractivity contribution in [3.63, 3.8) is 0 Å². The standard InChI is InChI=1S/C22H32N4O.HI/c1-16(2)15-27-21-8-6-20(7-9-21)18(4)26-22(23-5)25-13-11-19-10-12-24-14-17(19)3;/h6-10,12,14,16,18H,11,13,15H2,1-5H3,(H2,23,25,26);1H. The molecule has 1 aromatic carbocycles. The molecule has 0 fully saturated rings. The zero-order valence-electron chi connectivity index (χ0n) is 17.5. The van der Waals surface area contributed by atoms with Gasteiger partial charge in [-0.05, 0) is 61.1 Å². The Morgan fingerprint density at radius 1 is 1.14 bits per heavy atom. The molecule has 154 valence electrons. The van der Waals surface area contributed by atoms with Gasteiger partial charge in [-0.15, -0.1) is 24.0 Å². The van der Waals surface area contributed by atoms with Crippen LogP contribution in [0.3, 0.4) is 0 Å². The van der Waals surface area contributed by atoms with Gasteiger partial charge in [-0.3, -0.25) is 9.98 Å². The first-order chi connectivity index (χ1) is 13.0. The van der Waals surface area contributed by atoms with E-state index in [1.807, 2.05) is 24.5 Å². The fourth-order valence-corrected chi connectivity index (χ4v) is 2.70. The molecule has 0 aliphatic rings. The van der Waals surface area contributed by atoms with E-state index in [1.165, 1.54) is 16.7 Å². The molecule has 6 heteroatoms. The van der Waals surface area contributed by atoms with Crippen LogP contribution in [0.4, 0.5) is 0 Å². The van der Waals surface area contributed by atoms with Gasteiger partial charge in [0.25, 0.3) is 0 Å². The molecule has 1 heterocycles. The van der Waals surface area contributed by atoms with Gasteiger partial charge in [-0.1, -0.05) is 26.0 Å². The largest absolute Gasteiger partial charge is 0.493 e. The highest BCUT2D eigenvalue weighted by Crippen LogP contribution is 2.18. The van der Waals surface area contributed by atoms with Crippen molar-refractivity contribution >= 4 is 29.9 Å². The summed E-state index contributed by atoms with van der Waals surface area (Å²) in [6.45, 7) is 10.1. The summed E-state index contributed by atoms with van der Waals surface area (Å²) in [6, 6.07) is 10.5. The molecule has 2 aromatic rings. The highest BCUT2D eigenvalue weighted by atomic mass is 127. The Morgan fingerprint density at radius 3 is 2.46 bits per heavy atom. The second-order valence-corrected chi connectivity index (χ2v) is 7.19. The summed E-state index contributed by atoms with van der Waals surface area (Å²) in [6.07, 6.45) is 4.68. The average Bonchev–Trinajstić information content (AvgIpc) is 2.67. The number of pyridine rings is 1. The molecule has 1 aromatic heterocycles. The Balaban J connectivity index is 0.00000392. The fraction of sp³-hybridized carbons (Fsp3) is 0.455. The summed E-state index contributed by atoms with van der Waals surface area (Å²) in [5, 5.41) is 6.82. The van der Waals surface area contributed by atoms with Gasteiger partial charge in [0, 0.05) is 26.0 Å². The van der Waals surface area contributed by atoms with Crippen LogP contribution in [0.15, 0.2) is 47.7 Å². The Bertz CT molecular complexity index is 732. The first-order valence-electron chi connectivity index (χ1n) is 9.59. The number of halogens is 1. The minimum absolute atomic E-state index is 0. The van der Waals surface area contributed by atoms with Crippen LogP contribution in [0.25, 0.3) is 0 Å². The zero-order chi connectivity index (χ0) is 19.6. The van der Waals surface area contributed by atoms with Crippen LogP contribution in [-0.4, -0.2) is 31.1 Å². The molecule has 5 nitrogen and oxygen atoms in total. The molecule has 0 bridgehead atoms. The highest BCUT2D eigenvalue weighted by molar-refractivity contribution is 14.0. The monoisotopic (exact) mass is 496 g/mol. The number of ether oxygens (including phenoxy) is 1. The predicted octanol–water partition coefficient (Wildman–Crippen LogP) is 4.51. The Kier molecular flexibility index (Phi) is 10.9. The molecule has 2 rings (SSSR count). The van der Waals surface area contributed by atoms with Gasteiger partial charge >= 0.3 is 0 Å². The number of nitrogens with one attached hydrogen (secondary N) is 2. The number of aromatic nitrogens is 1. The van der Waals surface area contributed by atoms with Crippen molar-refractivity contribution in [2.24, 2.45) is 10.9 Å². The maximum absolute atomic E-state index is 5.75. The number of benzene rings is 1. The van der Waals surface area contributed by atoms with Crippen molar-refractivity contribution < 1.29 is 4.74 Å². The van der Waals surface area contributed by atoms with E-state index >= 15 is 0 Å². The number of aryl methyl sites for hydroxylation is 1. The summed E-state index contributed by atoms with van der Waals surface area (Å²) in [4.78, 5) is 8.47. The lowest BCUT2D eigenvalue weighted by Gasteiger charge is -2.19. The molecule has 0 spiro atoms. The van der Waals surface area contributed by atoms with Gasteiger partial charge in [0.1, 0.15) is 5.75 Å². The van der Waals surface area contributed by atoms with E-state index in [4.69, 9.17) is 4.74 Å². The first kappa shape index (κ1) is 24.2. The number of rotatable bonds is 8. The number of hydrogen-bond acceptors (Lipinski definition) is 3. The summed E-state index contributed by atoms with van der Waals surface area (Å²) in [5.74, 6) is 2.24. The van der Waals surface area contributed by atoms with Gasteiger partial charge in [0.2, 0.25) is 0 Å². The molecule has 0 radical (unpaired) electrons. The summed E-state index contributed by atoms with van der Waals surface area (Å²) < 4.78 is 5.75. The van der Waals surface area contributed by atoms with Crippen molar-refractivity contribution in [2.45, 2.75) is 40.2 Å². The van der Waals surface area contributed by atoms with Crippen LogP contribution in [0.5, 0.6) is 5.75 Å². The average molecular weight is 496 g/mol. The van der Waals surface area contributed by atoms with Crippen LogP contribution in [-0.2, 0) is 6.42 Å². The minimum atomic E-state index is 0. The SMILES string of the molecule is CN=C(NCCc1ccncc1C)NC(C)c1ccc(OCC(C)C)cc1.I. The number of guanidine groups is 1. The third-order valence-electron chi connectivity index (χ3n) is 4.36. The lowest BCUT2D eigenvalue weighted by molar-refractivity contribution is 0.271. The molecule has 2 N–H and O–H groups in total. The van der Waals surface area contributed by atoms with Crippen LogP contribution in [0.1, 0.15) is 43.5 Å². The predicted molar refractivity (Wildman–Crippen MR) is 128 cm³/mol. The van der Waals surface area contributed by atoms with E-state index in [2.05, 4.69) is 66.5 Å². The maximum atomic E-state index is 5.75. The minimum Gasteiger partial charge on any atom is -0.493 e. The van der Waals surface area contributed by atoms with E-state index in [-0.39, 0.29) is 30.0 Å². The van der Waals surface area contributed by atoms with Gasteiger partial charge < -0.3 is 15.4 Å². The molecule has 0 amide bonds. The van der Waals surface area contributed by atoms with Crippen LogP contribution in [0.2, 0.25) is 0 Å². The van der Waals surface area contributed by atoms with Crippen LogP contribution < -0.4 is 15.4 Å². The third-order valence-corrected chi connectivity index (χ3v) is 4.36. The molecule has 1 atom stereocenters. The normalized spacial score (nSPS) is 12.3. The van der Waals surface area contributed by atoms with Crippen LogP contribution in [0, 0.1) is 12.8 Å². The van der Waals surface area contributed by atoms with Crippen molar-refractivity contribution in [2.75, 3.05) is 20.2 Å². The molecule has 0 aliphatic carbocycles. The second-order valence-electron chi connectivity index (χ2n) is 7.19. The van der Waals surface area contributed by atoms with E-state index in [1.54, 1.807) is 7.05 Å². The number of hydrogen-bond donors (Lipinski definition) is 2. The lowest BCUT2D eigenvalue weighted by atomic mass is 10.1. The molecule has 0 saturated carbocycles. The third kappa shape index (κ3) is 8.04.